The summed E-state index contributed by atoms with van der Waals surface area (Å²) in [6.07, 6.45) is 8.28. The molecular weight excluding hydrogens is 244 g/mol. The van der Waals surface area contributed by atoms with E-state index in [2.05, 4.69) is 51.8 Å². The van der Waals surface area contributed by atoms with E-state index in [1.807, 2.05) is 0 Å². The van der Waals surface area contributed by atoms with E-state index in [0.29, 0.717) is 22.5 Å². The van der Waals surface area contributed by atoms with Gasteiger partial charge in [0.2, 0.25) is 0 Å². The van der Waals surface area contributed by atoms with Crippen molar-refractivity contribution in [3.63, 3.8) is 0 Å². The number of hydrogen-bond donors (Lipinski definition) is 1. The molecule has 0 aromatic carbocycles. The molecule has 2 fully saturated rings. The molecule has 2 heteroatoms. The molecule has 2 aliphatic rings. The Labute approximate surface area is 126 Å². The summed E-state index contributed by atoms with van der Waals surface area (Å²) in [6.45, 7) is 16.8. The number of nitrogens with one attached hydrogen (secondary N) is 1. The van der Waals surface area contributed by atoms with Gasteiger partial charge >= 0.3 is 0 Å². The first-order valence-electron chi connectivity index (χ1n) is 8.65. The smallest absolute Gasteiger partial charge is 0.0309 e. The van der Waals surface area contributed by atoms with Crippen LogP contribution in [0.1, 0.15) is 80.1 Å². The molecule has 1 spiro atoms. The van der Waals surface area contributed by atoms with Gasteiger partial charge in [0.25, 0.3) is 0 Å². The van der Waals surface area contributed by atoms with Crippen molar-refractivity contribution in [1.29, 1.82) is 0 Å². The molecule has 1 saturated heterocycles. The van der Waals surface area contributed by atoms with Crippen LogP contribution in [0.4, 0.5) is 0 Å². The summed E-state index contributed by atoms with van der Waals surface area (Å²) in [5.41, 5.74) is 1.11. The number of piperazine rings is 1. The third-order valence-corrected chi connectivity index (χ3v) is 5.33. The van der Waals surface area contributed by atoms with Crippen LogP contribution >= 0.6 is 0 Å². The molecule has 20 heavy (non-hydrogen) atoms. The third kappa shape index (κ3) is 3.76. The topological polar surface area (TPSA) is 15.3 Å². The average Bonchev–Trinajstić information content (AvgIpc) is 2.31. The molecule has 2 rings (SSSR count). The van der Waals surface area contributed by atoms with Gasteiger partial charge in [-0.1, -0.05) is 40.0 Å². The lowest BCUT2D eigenvalue weighted by atomic mass is 9.75. The van der Waals surface area contributed by atoms with Gasteiger partial charge in [0.05, 0.1) is 0 Å². The van der Waals surface area contributed by atoms with E-state index >= 15 is 0 Å². The van der Waals surface area contributed by atoms with Crippen LogP contribution in [-0.4, -0.2) is 35.1 Å². The zero-order chi connectivity index (χ0) is 15.0. The molecule has 0 bridgehead atoms. The van der Waals surface area contributed by atoms with Crippen molar-refractivity contribution >= 4 is 0 Å². The molecule has 0 radical (unpaired) electrons. The van der Waals surface area contributed by atoms with Gasteiger partial charge in [0, 0.05) is 30.2 Å². The molecule has 1 saturated carbocycles. The van der Waals surface area contributed by atoms with Crippen LogP contribution in [0.2, 0.25) is 0 Å². The van der Waals surface area contributed by atoms with Crippen molar-refractivity contribution in [2.24, 2.45) is 5.41 Å². The number of rotatable bonds is 2. The van der Waals surface area contributed by atoms with E-state index in [1.54, 1.807) is 0 Å². The minimum absolute atomic E-state index is 0.296. The second kappa shape index (κ2) is 5.61. The van der Waals surface area contributed by atoms with Gasteiger partial charge in [-0.25, -0.2) is 0 Å². The first-order chi connectivity index (χ1) is 9.14. The maximum absolute atomic E-state index is 3.91. The molecule has 0 aromatic rings. The third-order valence-electron chi connectivity index (χ3n) is 5.33. The van der Waals surface area contributed by atoms with Crippen LogP contribution in [0.3, 0.4) is 0 Å². The van der Waals surface area contributed by atoms with E-state index < -0.39 is 0 Å². The predicted molar refractivity (Wildman–Crippen MR) is 88.1 cm³/mol. The Bertz CT molecular complexity index is 321. The van der Waals surface area contributed by atoms with Crippen molar-refractivity contribution in [2.75, 3.05) is 13.1 Å². The van der Waals surface area contributed by atoms with Crippen molar-refractivity contribution in [1.82, 2.24) is 10.2 Å². The first kappa shape index (κ1) is 16.3. The zero-order valence-electron chi connectivity index (χ0n) is 14.7. The lowest BCUT2D eigenvalue weighted by molar-refractivity contribution is -0.0226. The minimum atomic E-state index is 0.296. The van der Waals surface area contributed by atoms with Gasteiger partial charge in [-0.15, -0.1) is 0 Å². The first-order valence-corrected chi connectivity index (χ1v) is 8.65. The fourth-order valence-corrected chi connectivity index (χ4v) is 4.79. The summed E-state index contributed by atoms with van der Waals surface area (Å²) in [4.78, 5) is 2.81. The van der Waals surface area contributed by atoms with E-state index in [1.165, 1.54) is 45.1 Å². The summed E-state index contributed by atoms with van der Waals surface area (Å²) < 4.78 is 0. The molecular formula is C18H36N2. The van der Waals surface area contributed by atoms with E-state index in [9.17, 15) is 0 Å². The molecule has 0 amide bonds. The molecule has 1 atom stereocenters. The Morgan fingerprint density at radius 3 is 2.20 bits per heavy atom. The molecule has 1 aliphatic heterocycles. The van der Waals surface area contributed by atoms with E-state index in [4.69, 9.17) is 0 Å². The summed E-state index contributed by atoms with van der Waals surface area (Å²) in [6, 6.07) is 0.653. The summed E-state index contributed by atoms with van der Waals surface area (Å²) >= 11 is 0. The van der Waals surface area contributed by atoms with Crippen molar-refractivity contribution in [2.45, 2.75) is 97.2 Å². The van der Waals surface area contributed by atoms with Crippen LogP contribution < -0.4 is 5.32 Å². The summed E-state index contributed by atoms with van der Waals surface area (Å²) in [5.74, 6) is 0. The normalized spacial score (nSPS) is 28.8. The summed E-state index contributed by atoms with van der Waals surface area (Å²) in [7, 11) is 0. The highest BCUT2D eigenvalue weighted by atomic mass is 15.3. The molecule has 2 nitrogen and oxygen atoms in total. The maximum atomic E-state index is 3.91. The predicted octanol–water partition coefficient (Wildman–Crippen LogP) is 4.20. The van der Waals surface area contributed by atoms with Gasteiger partial charge in [-0.05, 0) is 45.4 Å². The molecule has 1 heterocycles. The van der Waals surface area contributed by atoms with Crippen molar-refractivity contribution in [3.05, 3.63) is 0 Å². The fraction of sp³-hybridized carbons (Fsp3) is 1.00. The minimum Gasteiger partial charge on any atom is -0.308 e. The lowest BCUT2D eigenvalue weighted by Crippen LogP contribution is -2.68. The van der Waals surface area contributed by atoms with Crippen molar-refractivity contribution < 1.29 is 0 Å². The highest BCUT2D eigenvalue weighted by Crippen LogP contribution is 2.38. The highest BCUT2D eigenvalue weighted by Gasteiger charge is 2.44. The molecule has 1 aliphatic carbocycles. The van der Waals surface area contributed by atoms with Crippen LogP contribution in [0.15, 0.2) is 0 Å². The second-order valence-corrected chi connectivity index (χ2v) is 9.25. The van der Waals surface area contributed by atoms with Crippen LogP contribution in [-0.2, 0) is 0 Å². The largest absolute Gasteiger partial charge is 0.308 e. The number of hydrogen-bond acceptors (Lipinski definition) is 2. The molecule has 0 aromatic heterocycles. The van der Waals surface area contributed by atoms with Gasteiger partial charge in [0.1, 0.15) is 0 Å². The highest BCUT2D eigenvalue weighted by molar-refractivity contribution is 5.03. The van der Waals surface area contributed by atoms with Gasteiger partial charge in [-0.2, -0.15) is 0 Å². The van der Waals surface area contributed by atoms with Crippen LogP contribution in [0, 0.1) is 5.41 Å². The van der Waals surface area contributed by atoms with Gasteiger partial charge in [0.15, 0.2) is 0 Å². The zero-order valence-corrected chi connectivity index (χ0v) is 14.7. The molecule has 118 valence electrons. The SMILES string of the molecule is CC1CNC2(CCCCC2)CN1C(C)(C)CC(C)(C)C. The monoisotopic (exact) mass is 280 g/mol. The molecule has 1 unspecified atom stereocenters. The van der Waals surface area contributed by atoms with Crippen LogP contribution in [0.5, 0.6) is 0 Å². The Morgan fingerprint density at radius 1 is 1.05 bits per heavy atom. The lowest BCUT2D eigenvalue weighted by Gasteiger charge is -2.55. The van der Waals surface area contributed by atoms with Gasteiger partial charge < -0.3 is 5.32 Å². The Kier molecular flexibility index (Phi) is 4.57. The van der Waals surface area contributed by atoms with Crippen LogP contribution in [0.25, 0.3) is 0 Å². The second-order valence-electron chi connectivity index (χ2n) is 9.25. The van der Waals surface area contributed by atoms with E-state index in [-0.39, 0.29) is 0 Å². The number of nitrogens with zero attached hydrogens (tertiary/aromatic N) is 1. The Morgan fingerprint density at radius 2 is 1.65 bits per heavy atom. The maximum Gasteiger partial charge on any atom is 0.0309 e. The quantitative estimate of drug-likeness (QED) is 0.815. The Balaban J connectivity index is 2.12. The van der Waals surface area contributed by atoms with E-state index in [0.717, 1.165) is 6.54 Å². The Hall–Kier alpha value is -0.0800. The standard InChI is InChI=1S/C18H36N2/c1-15-12-19-18(10-8-7-9-11-18)14-20(15)17(5,6)13-16(2,3)4/h15,19H,7-14H2,1-6H3. The average molecular weight is 280 g/mol. The molecule has 1 N–H and O–H groups in total. The van der Waals surface area contributed by atoms with Gasteiger partial charge in [-0.3, -0.25) is 4.90 Å². The summed E-state index contributed by atoms with van der Waals surface area (Å²) in [5, 5.41) is 3.91. The fourth-order valence-electron chi connectivity index (χ4n) is 4.79. The van der Waals surface area contributed by atoms with Crippen molar-refractivity contribution in [3.8, 4) is 0 Å².